The lowest BCUT2D eigenvalue weighted by Gasteiger charge is -2.19. The number of hydrogen-bond acceptors (Lipinski definition) is 4. The van der Waals surface area contributed by atoms with E-state index < -0.39 is 6.04 Å². The molecule has 0 saturated carbocycles. The van der Waals surface area contributed by atoms with Gasteiger partial charge in [0.15, 0.2) is 5.65 Å². The highest BCUT2D eigenvalue weighted by Gasteiger charge is 2.22. The SMILES string of the molecule is CC(C)n1ncc2cc(NC(=O)[C@@H](Cc3ccccc3)NC(=O)c3ccccc3)cnc21. The van der Waals surface area contributed by atoms with Crippen LogP contribution in [0.3, 0.4) is 0 Å². The fourth-order valence-electron chi connectivity index (χ4n) is 3.51. The van der Waals surface area contributed by atoms with Gasteiger partial charge in [0.2, 0.25) is 5.91 Å². The molecule has 4 aromatic rings. The zero-order chi connectivity index (χ0) is 22.5. The molecule has 0 saturated heterocycles. The van der Waals surface area contributed by atoms with E-state index in [1.165, 1.54) is 0 Å². The smallest absolute Gasteiger partial charge is 0.251 e. The van der Waals surface area contributed by atoms with Crippen molar-refractivity contribution in [3.63, 3.8) is 0 Å². The summed E-state index contributed by atoms with van der Waals surface area (Å²) in [7, 11) is 0. The molecule has 1 atom stereocenters. The molecule has 0 aliphatic heterocycles. The number of fused-ring (bicyclic) bond motifs is 1. The number of amides is 2. The third-order valence-electron chi connectivity index (χ3n) is 5.13. The van der Waals surface area contributed by atoms with Gasteiger partial charge in [-0.2, -0.15) is 5.10 Å². The van der Waals surface area contributed by atoms with Crippen molar-refractivity contribution in [2.75, 3.05) is 5.32 Å². The van der Waals surface area contributed by atoms with E-state index in [4.69, 9.17) is 0 Å². The fraction of sp³-hybridized carbons (Fsp3) is 0.200. The average molecular weight is 428 g/mol. The van der Waals surface area contributed by atoms with Gasteiger partial charge in [-0.3, -0.25) is 9.59 Å². The van der Waals surface area contributed by atoms with Gasteiger partial charge in [0, 0.05) is 23.4 Å². The van der Waals surface area contributed by atoms with Crippen LogP contribution in [-0.2, 0) is 11.2 Å². The predicted octanol–water partition coefficient (Wildman–Crippen LogP) is 3.99. The number of nitrogens with zero attached hydrogens (tertiary/aromatic N) is 3. The van der Waals surface area contributed by atoms with Gasteiger partial charge < -0.3 is 10.6 Å². The van der Waals surface area contributed by atoms with E-state index in [1.54, 1.807) is 36.7 Å². The highest BCUT2D eigenvalue weighted by atomic mass is 16.2. The molecule has 7 nitrogen and oxygen atoms in total. The topological polar surface area (TPSA) is 88.9 Å². The van der Waals surface area contributed by atoms with Gasteiger partial charge in [0.25, 0.3) is 5.91 Å². The summed E-state index contributed by atoms with van der Waals surface area (Å²) in [6.07, 6.45) is 3.71. The molecule has 0 unspecified atom stereocenters. The van der Waals surface area contributed by atoms with Crippen LogP contribution < -0.4 is 10.6 Å². The number of carbonyl (C=O) groups excluding carboxylic acids is 2. The van der Waals surface area contributed by atoms with Crippen molar-refractivity contribution < 1.29 is 9.59 Å². The molecular weight excluding hydrogens is 402 g/mol. The van der Waals surface area contributed by atoms with E-state index in [2.05, 4.69) is 20.7 Å². The standard InChI is InChI=1S/C25H25N5O2/c1-17(2)30-23-20(15-27-30)14-21(16-26-23)28-25(32)22(13-18-9-5-3-6-10-18)29-24(31)19-11-7-4-8-12-19/h3-12,14-17,22H,13H2,1-2H3,(H,28,32)(H,29,31)/t22-/m1/s1. The minimum Gasteiger partial charge on any atom is -0.340 e. The molecule has 2 amide bonds. The number of rotatable bonds is 7. The molecule has 4 rings (SSSR count). The van der Waals surface area contributed by atoms with Gasteiger partial charge in [0.05, 0.1) is 18.1 Å². The molecule has 2 N–H and O–H groups in total. The summed E-state index contributed by atoms with van der Waals surface area (Å²) in [5.74, 6) is -0.607. The van der Waals surface area contributed by atoms with E-state index in [9.17, 15) is 9.59 Å². The second-order valence-electron chi connectivity index (χ2n) is 7.89. The maximum absolute atomic E-state index is 13.2. The van der Waals surface area contributed by atoms with E-state index in [-0.39, 0.29) is 17.9 Å². The predicted molar refractivity (Wildman–Crippen MR) is 124 cm³/mol. The molecule has 0 aliphatic carbocycles. The molecule has 0 fully saturated rings. The Kier molecular flexibility index (Phi) is 6.26. The number of carbonyl (C=O) groups is 2. The van der Waals surface area contributed by atoms with Crippen molar-refractivity contribution in [2.24, 2.45) is 0 Å². The van der Waals surface area contributed by atoms with Crippen molar-refractivity contribution in [1.82, 2.24) is 20.1 Å². The number of aromatic nitrogens is 3. The zero-order valence-electron chi connectivity index (χ0n) is 18.0. The van der Waals surface area contributed by atoms with Crippen LogP contribution in [0, 0.1) is 0 Å². The second-order valence-corrected chi connectivity index (χ2v) is 7.89. The third-order valence-corrected chi connectivity index (χ3v) is 5.13. The van der Waals surface area contributed by atoms with Crippen molar-refractivity contribution in [3.8, 4) is 0 Å². The minimum atomic E-state index is -0.751. The maximum Gasteiger partial charge on any atom is 0.251 e. The van der Waals surface area contributed by atoms with Crippen LogP contribution in [0.4, 0.5) is 5.69 Å². The van der Waals surface area contributed by atoms with Gasteiger partial charge in [-0.1, -0.05) is 48.5 Å². The van der Waals surface area contributed by atoms with Crippen molar-refractivity contribution >= 4 is 28.5 Å². The summed E-state index contributed by atoms with van der Waals surface area (Å²) < 4.78 is 1.83. The van der Waals surface area contributed by atoms with Crippen LogP contribution in [-0.4, -0.2) is 32.6 Å². The van der Waals surface area contributed by atoms with E-state index in [1.807, 2.05) is 61.0 Å². The molecule has 32 heavy (non-hydrogen) atoms. The third kappa shape index (κ3) is 4.83. The first-order chi connectivity index (χ1) is 15.5. The molecule has 0 bridgehead atoms. The van der Waals surface area contributed by atoms with Crippen LogP contribution in [0.2, 0.25) is 0 Å². The first-order valence-electron chi connectivity index (χ1n) is 10.5. The summed E-state index contributed by atoms with van der Waals surface area (Å²) in [5, 5.41) is 11.0. The second kappa shape index (κ2) is 9.43. The van der Waals surface area contributed by atoms with Crippen LogP contribution >= 0.6 is 0 Å². The summed E-state index contributed by atoms with van der Waals surface area (Å²) >= 11 is 0. The quantitative estimate of drug-likeness (QED) is 0.467. The lowest BCUT2D eigenvalue weighted by molar-refractivity contribution is -0.118. The van der Waals surface area contributed by atoms with Gasteiger partial charge in [0.1, 0.15) is 6.04 Å². The highest BCUT2D eigenvalue weighted by molar-refractivity contribution is 6.01. The largest absolute Gasteiger partial charge is 0.340 e. The van der Waals surface area contributed by atoms with Gasteiger partial charge >= 0.3 is 0 Å². The fourth-order valence-corrected chi connectivity index (χ4v) is 3.51. The van der Waals surface area contributed by atoms with Gasteiger partial charge in [-0.05, 0) is 37.6 Å². The molecule has 7 heteroatoms. The normalized spacial score (nSPS) is 12.0. The first kappa shape index (κ1) is 21.2. The number of nitrogens with one attached hydrogen (secondary N) is 2. The maximum atomic E-state index is 13.2. The molecule has 2 heterocycles. The molecule has 0 radical (unpaired) electrons. The Bertz CT molecular complexity index is 1220. The Morgan fingerprint density at radius 1 is 0.969 bits per heavy atom. The van der Waals surface area contributed by atoms with Crippen LogP contribution in [0.1, 0.15) is 35.8 Å². The first-order valence-corrected chi connectivity index (χ1v) is 10.5. The number of benzene rings is 2. The molecule has 0 aliphatic rings. The molecule has 2 aromatic carbocycles. The summed E-state index contributed by atoms with van der Waals surface area (Å²) in [6.45, 7) is 4.07. The number of anilines is 1. The monoisotopic (exact) mass is 427 g/mol. The Morgan fingerprint density at radius 3 is 2.34 bits per heavy atom. The van der Waals surface area contributed by atoms with Gasteiger partial charge in [-0.25, -0.2) is 9.67 Å². The zero-order valence-corrected chi connectivity index (χ0v) is 18.0. The number of pyridine rings is 1. The molecule has 0 spiro atoms. The Balaban J connectivity index is 1.55. The van der Waals surface area contributed by atoms with E-state index in [0.29, 0.717) is 17.7 Å². The van der Waals surface area contributed by atoms with Crippen LogP contribution in [0.5, 0.6) is 0 Å². The van der Waals surface area contributed by atoms with E-state index >= 15 is 0 Å². The van der Waals surface area contributed by atoms with Crippen molar-refractivity contribution in [2.45, 2.75) is 32.4 Å². The Hall–Kier alpha value is -4.00. The molecular formula is C25H25N5O2. The lowest BCUT2D eigenvalue weighted by atomic mass is 10.0. The average Bonchev–Trinajstić information content (AvgIpc) is 3.23. The summed E-state index contributed by atoms with van der Waals surface area (Å²) in [6, 6.07) is 19.7. The molecule has 2 aromatic heterocycles. The highest BCUT2D eigenvalue weighted by Crippen LogP contribution is 2.19. The Morgan fingerprint density at radius 2 is 1.66 bits per heavy atom. The van der Waals surface area contributed by atoms with E-state index in [0.717, 1.165) is 16.6 Å². The van der Waals surface area contributed by atoms with Crippen molar-refractivity contribution in [1.29, 1.82) is 0 Å². The van der Waals surface area contributed by atoms with Gasteiger partial charge in [-0.15, -0.1) is 0 Å². The van der Waals surface area contributed by atoms with Crippen LogP contribution in [0.25, 0.3) is 11.0 Å². The summed E-state index contributed by atoms with van der Waals surface area (Å²) in [5.41, 5.74) is 2.77. The minimum absolute atomic E-state index is 0.184. The van der Waals surface area contributed by atoms with Crippen LogP contribution in [0.15, 0.2) is 79.1 Å². The van der Waals surface area contributed by atoms with Crippen molar-refractivity contribution in [3.05, 3.63) is 90.3 Å². The number of hydrogen-bond donors (Lipinski definition) is 2. The Labute approximate surface area is 186 Å². The lowest BCUT2D eigenvalue weighted by Crippen LogP contribution is -2.45. The summed E-state index contributed by atoms with van der Waals surface area (Å²) in [4.78, 5) is 30.4. The molecule has 162 valence electrons.